The Morgan fingerprint density at radius 3 is 2.40 bits per heavy atom. The van der Waals surface area contributed by atoms with Crippen molar-refractivity contribution in [3.8, 4) is 11.1 Å². The number of fused-ring (bicyclic) bond motifs is 1. The number of Topliss-reactive ketones (excluding diaryl/α,β-unsaturated/α-hetero) is 1. The highest BCUT2D eigenvalue weighted by Gasteiger charge is 2.14. The Kier molecular flexibility index (Phi) is 2.80. The minimum atomic E-state index is -1.45. The number of hydrogen-bond acceptors (Lipinski definition) is 4. The number of carboxylic acids is 1. The maximum atomic E-state index is 11.3. The fourth-order valence-electron chi connectivity index (χ4n) is 1.99. The Balaban J connectivity index is 1.98. The molecule has 0 spiro atoms. The number of carbonyl (C=O) groups excluding carboxylic acids is 1. The number of benzene rings is 2. The van der Waals surface area contributed by atoms with E-state index in [4.69, 9.17) is 9.63 Å². The van der Waals surface area contributed by atoms with E-state index in [0.717, 1.165) is 16.5 Å². The summed E-state index contributed by atoms with van der Waals surface area (Å²) in [6.07, 6.45) is 1.63. The fourth-order valence-corrected chi connectivity index (χ4v) is 1.99. The van der Waals surface area contributed by atoms with Crippen molar-refractivity contribution in [2.45, 2.75) is 0 Å². The average molecular weight is 267 g/mol. The second kappa shape index (κ2) is 4.62. The van der Waals surface area contributed by atoms with Gasteiger partial charge in [-0.2, -0.15) is 0 Å². The first-order valence-corrected chi connectivity index (χ1v) is 5.87. The third-order valence-electron chi connectivity index (χ3n) is 3.03. The minimum Gasteiger partial charge on any atom is -0.475 e. The number of nitrogens with zero attached hydrogens (tertiary/aromatic N) is 1. The number of carbonyl (C=O) groups is 2. The summed E-state index contributed by atoms with van der Waals surface area (Å²) in [4.78, 5) is 21.9. The summed E-state index contributed by atoms with van der Waals surface area (Å²) in [5.74, 6) is -2.37. The van der Waals surface area contributed by atoms with Crippen molar-refractivity contribution in [3.63, 3.8) is 0 Å². The van der Waals surface area contributed by atoms with E-state index in [0.29, 0.717) is 5.58 Å². The Hall–Kier alpha value is -2.95. The van der Waals surface area contributed by atoms with Crippen LogP contribution >= 0.6 is 0 Å². The average Bonchev–Trinajstić information content (AvgIpc) is 2.94. The van der Waals surface area contributed by atoms with Crippen LogP contribution in [-0.4, -0.2) is 22.0 Å². The smallest absolute Gasteiger partial charge is 0.377 e. The van der Waals surface area contributed by atoms with Crippen LogP contribution in [0.5, 0.6) is 0 Å². The molecule has 0 aliphatic heterocycles. The summed E-state index contributed by atoms with van der Waals surface area (Å²) in [6.45, 7) is 0. The number of aliphatic carboxylic acids is 1. The third-order valence-corrected chi connectivity index (χ3v) is 3.03. The van der Waals surface area contributed by atoms with E-state index in [1.165, 1.54) is 12.1 Å². The van der Waals surface area contributed by atoms with Crippen molar-refractivity contribution in [1.82, 2.24) is 5.16 Å². The maximum absolute atomic E-state index is 11.3. The van der Waals surface area contributed by atoms with Gasteiger partial charge in [-0.15, -0.1) is 0 Å². The van der Waals surface area contributed by atoms with E-state index in [2.05, 4.69) is 5.16 Å². The first-order chi connectivity index (χ1) is 9.65. The van der Waals surface area contributed by atoms with Crippen molar-refractivity contribution >= 4 is 22.7 Å². The summed E-state index contributed by atoms with van der Waals surface area (Å²) in [6, 6.07) is 12.0. The molecule has 0 amide bonds. The largest absolute Gasteiger partial charge is 0.475 e. The van der Waals surface area contributed by atoms with Crippen molar-refractivity contribution in [2.75, 3.05) is 0 Å². The number of carboxylic acid groups (broad SMARTS) is 1. The van der Waals surface area contributed by atoms with Gasteiger partial charge in [0.15, 0.2) is 5.58 Å². The molecule has 0 aliphatic rings. The SMILES string of the molecule is O=C(O)C(=O)c1ccc(-c2ccc3oncc3c2)cc1. The molecule has 0 fully saturated rings. The Bertz CT molecular complexity index is 802. The topological polar surface area (TPSA) is 80.4 Å². The molecule has 1 heterocycles. The van der Waals surface area contributed by atoms with Crippen molar-refractivity contribution in [3.05, 3.63) is 54.2 Å². The Labute approximate surface area is 113 Å². The molecule has 98 valence electrons. The molecule has 20 heavy (non-hydrogen) atoms. The van der Waals surface area contributed by atoms with Gasteiger partial charge in [0, 0.05) is 10.9 Å². The molecule has 1 N–H and O–H groups in total. The van der Waals surface area contributed by atoms with E-state index < -0.39 is 11.8 Å². The molecular formula is C15H9NO4. The van der Waals surface area contributed by atoms with Gasteiger partial charge in [0.05, 0.1) is 6.20 Å². The number of hydrogen-bond donors (Lipinski definition) is 1. The highest BCUT2D eigenvalue weighted by Crippen LogP contribution is 2.24. The van der Waals surface area contributed by atoms with Crippen LogP contribution in [0.2, 0.25) is 0 Å². The predicted octanol–water partition coefficient (Wildman–Crippen LogP) is 2.76. The Morgan fingerprint density at radius 1 is 1.00 bits per heavy atom. The summed E-state index contributed by atoms with van der Waals surface area (Å²) in [5.41, 5.74) is 2.68. The van der Waals surface area contributed by atoms with E-state index >= 15 is 0 Å². The van der Waals surface area contributed by atoms with E-state index in [9.17, 15) is 9.59 Å². The third kappa shape index (κ3) is 2.05. The maximum Gasteiger partial charge on any atom is 0.377 e. The molecule has 1 aromatic heterocycles. The molecule has 5 heteroatoms. The molecule has 0 aliphatic carbocycles. The predicted molar refractivity (Wildman–Crippen MR) is 71.4 cm³/mol. The number of aromatic nitrogens is 1. The standard InChI is InChI=1S/C15H9NO4/c17-14(15(18)19)10-3-1-9(2-4-10)11-5-6-13-12(7-11)8-16-20-13/h1-8H,(H,18,19). The van der Waals surface area contributed by atoms with Crippen molar-refractivity contribution in [1.29, 1.82) is 0 Å². The summed E-state index contributed by atoms with van der Waals surface area (Å²) in [7, 11) is 0. The van der Waals surface area contributed by atoms with Gasteiger partial charge in [-0.05, 0) is 23.3 Å². The molecule has 0 saturated heterocycles. The molecule has 0 unspecified atom stereocenters. The van der Waals surface area contributed by atoms with Crippen LogP contribution in [0.25, 0.3) is 22.1 Å². The summed E-state index contributed by atoms with van der Waals surface area (Å²) >= 11 is 0. The monoisotopic (exact) mass is 267 g/mol. The minimum absolute atomic E-state index is 0.160. The van der Waals surface area contributed by atoms with Crippen LogP contribution in [-0.2, 0) is 4.79 Å². The molecule has 0 bridgehead atoms. The van der Waals surface area contributed by atoms with Crippen LogP contribution in [0.3, 0.4) is 0 Å². The molecule has 0 radical (unpaired) electrons. The highest BCUT2D eigenvalue weighted by molar-refractivity contribution is 6.39. The number of rotatable bonds is 3. The van der Waals surface area contributed by atoms with E-state index in [-0.39, 0.29) is 5.56 Å². The zero-order valence-corrected chi connectivity index (χ0v) is 10.2. The second-order valence-electron chi connectivity index (χ2n) is 4.29. The molecule has 3 rings (SSSR count). The molecular weight excluding hydrogens is 258 g/mol. The molecule has 0 atom stereocenters. The van der Waals surface area contributed by atoms with Crippen LogP contribution in [0.1, 0.15) is 10.4 Å². The zero-order valence-electron chi connectivity index (χ0n) is 10.2. The molecule has 2 aromatic carbocycles. The van der Waals surface area contributed by atoms with Gasteiger partial charge in [-0.25, -0.2) is 4.79 Å². The summed E-state index contributed by atoms with van der Waals surface area (Å²) in [5, 5.41) is 13.2. The fraction of sp³-hybridized carbons (Fsp3) is 0. The lowest BCUT2D eigenvalue weighted by molar-refractivity contribution is -0.131. The van der Waals surface area contributed by atoms with Gasteiger partial charge in [-0.1, -0.05) is 35.5 Å². The van der Waals surface area contributed by atoms with Crippen LogP contribution in [0.15, 0.2) is 53.2 Å². The van der Waals surface area contributed by atoms with Gasteiger partial charge in [-0.3, -0.25) is 4.79 Å². The van der Waals surface area contributed by atoms with Gasteiger partial charge in [0.1, 0.15) is 0 Å². The normalized spacial score (nSPS) is 10.6. The van der Waals surface area contributed by atoms with Gasteiger partial charge < -0.3 is 9.63 Å². The second-order valence-corrected chi connectivity index (χ2v) is 4.29. The van der Waals surface area contributed by atoms with E-state index in [1.807, 2.05) is 18.2 Å². The van der Waals surface area contributed by atoms with Crippen molar-refractivity contribution < 1.29 is 19.2 Å². The van der Waals surface area contributed by atoms with Crippen LogP contribution < -0.4 is 0 Å². The zero-order chi connectivity index (χ0) is 14.1. The van der Waals surface area contributed by atoms with Crippen LogP contribution in [0.4, 0.5) is 0 Å². The van der Waals surface area contributed by atoms with E-state index in [1.54, 1.807) is 18.3 Å². The summed E-state index contributed by atoms with van der Waals surface area (Å²) < 4.78 is 5.03. The van der Waals surface area contributed by atoms with Gasteiger partial charge in [0.2, 0.25) is 0 Å². The highest BCUT2D eigenvalue weighted by atomic mass is 16.5. The molecule has 3 aromatic rings. The molecule has 5 nitrogen and oxygen atoms in total. The molecule has 0 saturated carbocycles. The quantitative estimate of drug-likeness (QED) is 0.583. The lowest BCUT2D eigenvalue weighted by atomic mass is 10.0. The van der Waals surface area contributed by atoms with Crippen molar-refractivity contribution in [2.24, 2.45) is 0 Å². The van der Waals surface area contributed by atoms with Crippen LogP contribution in [0, 0.1) is 0 Å². The Morgan fingerprint density at radius 2 is 1.70 bits per heavy atom. The lowest BCUT2D eigenvalue weighted by Crippen LogP contribution is -2.12. The first-order valence-electron chi connectivity index (χ1n) is 5.87. The van der Waals surface area contributed by atoms with Gasteiger partial charge >= 0.3 is 5.97 Å². The number of ketones is 1. The first kappa shape index (κ1) is 12.1. The van der Waals surface area contributed by atoms with Gasteiger partial charge in [0.25, 0.3) is 5.78 Å². The lowest BCUT2D eigenvalue weighted by Gasteiger charge is -2.02.